The summed E-state index contributed by atoms with van der Waals surface area (Å²) in [5.74, 6) is 1.19. The van der Waals surface area contributed by atoms with Gasteiger partial charge in [-0.15, -0.1) is 0 Å². The van der Waals surface area contributed by atoms with Crippen molar-refractivity contribution in [1.29, 1.82) is 0 Å². The molecule has 0 aromatic heterocycles. The lowest BCUT2D eigenvalue weighted by Crippen LogP contribution is -2.31. The minimum Gasteiger partial charge on any atom is -0.493 e. The Labute approximate surface area is 161 Å². The molecule has 5 nitrogen and oxygen atoms in total. The molecule has 3 rings (SSSR count). The summed E-state index contributed by atoms with van der Waals surface area (Å²) >= 11 is 3.41. The lowest BCUT2D eigenvalue weighted by molar-refractivity contribution is 0.0753. The monoisotopic (exact) mass is 416 g/mol. The molecule has 0 atom stereocenters. The number of hydrogen-bond donors (Lipinski definition) is 0. The Morgan fingerprint density at radius 1 is 1.12 bits per heavy atom. The SMILES string of the molecule is COc1ccc(C2=NN(C(=O)c3cccc(Br)c3)CC2(C)C)cc1OC. The molecule has 0 radical (unpaired) electrons. The third-order valence-corrected chi connectivity index (χ3v) is 4.86. The number of hydrazone groups is 1. The van der Waals surface area contributed by atoms with E-state index in [0.717, 1.165) is 15.7 Å². The average Bonchev–Trinajstić information content (AvgIpc) is 2.95. The topological polar surface area (TPSA) is 51.1 Å². The van der Waals surface area contributed by atoms with Crippen LogP contribution in [0.15, 0.2) is 52.0 Å². The Morgan fingerprint density at radius 2 is 1.85 bits per heavy atom. The number of hydrogen-bond acceptors (Lipinski definition) is 4. The highest BCUT2D eigenvalue weighted by Crippen LogP contribution is 2.35. The summed E-state index contributed by atoms with van der Waals surface area (Å²) in [6, 6.07) is 13.0. The zero-order valence-corrected chi connectivity index (χ0v) is 16.8. The zero-order valence-electron chi connectivity index (χ0n) is 15.2. The minimum absolute atomic E-state index is 0.116. The van der Waals surface area contributed by atoms with Crippen LogP contribution in [0.2, 0.25) is 0 Å². The molecule has 2 aromatic rings. The first-order valence-electron chi connectivity index (χ1n) is 8.24. The number of rotatable bonds is 4. The predicted octanol–water partition coefficient (Wildman–Crippen LogP) is 4.35. The molecule has 0 saturated heterocycles. The molecular formula is C20H21BrN2O3. The van der Waals surface area contributed by atoms with Crippen molar-refractivity contribution in [3.05, 3.63) is 58.1 Å². The van der Waals surface area contributed by atoms with Crippen LogP contribution in [0.4, 0.5) is 0 Å². The summed E-state index contributed by atoms with van der Waals surface area (Å²) in [4.78, 5) is 12.8. The van der Waals surface area contributed by atoms with Crippen LogP contribution in [-0.2, 0) is 0 Å². The van der Waals surface area contributed by atoms with E-state index in [9.17, 15) is 4.79 Å². The quantitative estimate of drug-likeness (QED) is 0.743. The lowest BCUT2D eigenvalue weighted by atomic mass is 9.84. The van der Waals surface area contributed by atoms with Gasteiger partial charge in [0.1, 0.15) is 0 Å². The molecule has 0 bridgehead atoms. The molecule has 1 heterocycles. The van der Waals surface area contributed by atoms with Gasteiger partial charge in [-0.2, -0.15) is 5.10 Å². The fraction of sp³-hybridized carbons (Fsp3) is 0.300. The van der Waals surface area contributed by atoms with E-state index in [0.29, 0.717) is 23.6 Å². The van der Waals surface area contributed by atoms with Crippen LogP contribution in [0, 0.1) is 5.41 Å². The number of benzene rings is 2. The van der Waals surface area contributed by atoms with E-state index in [2.05, 4.69) is 34.9 Å². The molecule has 0 aliphatic carbocycles. The fourth-order valence-corrected chi connectivity index (χ4v) is 3.46. The summed E-state index contributed by atoms with van der Waals surface area (Å²) in [5.41, 5.74) is 2.09. The van der Waals surface area contributed by atoms with Gasteiger partial charge in [0.25, 0.3) is 5.91 Å². The van der Waals surface area contributed by atoms with Crippen LogP contribution >= 0.6 is 15.9 Å². The van der Waals surface area contributed by atoms with Crippen molar-refractivity contribution in [3.63, 3.8) is 0 Å². The highest BCUT2D eigenvalue weighted by Gasteiger charge is 2.38. The van der Waals surface area contributed by atoms with E-state index in [1.807, 2.05) is 30.3 Å². The van der Waals surface area contributed by atoms with E-state index in [1.54, 1.807) is 26.4 Å². The van der Waals surface area contributed by atoms with Crippen molar-refractivity contribution >= 4 is 27.5 Å². The highest BCUT2D eigenvalue weighted by atomic mass is 79.9. The molecule has 2 aromatic carbocycles. The van der Waals surface area contributed by atoms with Crippen molar-refractivity contribution < 1.29 is 14.3 Å². The van der Waals surface area contributed by atoms with Crippen LogP contribution in [0.5, 0.6) is 11.5 Å². The molecule has 0 saturated carbocycles. The van der Waals surface area contributed by atoms with Gasteiger partial charge in [-0.05, 0) is 36.4 Å². The standard InChI is InChI=1S/C20H21BrN2O3/c1-20(2)12-23(19(24)14-6-5-7-15(21)10-14)22-18(20)13-8-9-16(25-3)17(11-13)26-4/h5-11H,12H2,1-4H3. The zero-order chi connectivity index (χ0) is 18.9. The molecule has 136 valence electrons. The van der Waals surface area contributed by atoms with Crippen LogP contribution in [0.3, 0.4) is 0 Å². The van der Waals surface area contributed by atoms with Crippen LogP contribution in [0.1, 0.15) is 29.8 Å². The number of halogens is 1. The van der Waals surface area contributed by atoms with Gasteiger partial charge in [-0.1, -0.05) is 35.8 Å². The number of carbonyl (C=O) groups excluding carboxylic acids is 1. The van der Waals surface area contributed by atoms with Crippen molar-refractivity contribution in [2.75, 3.05) is 20.8 Å². The Bertz CT molecular complexity index is 877. The van der Waals surface area contributed by atoms with Crippen molar-refractivity contribution in [2.45, 2.75) is 13.8 Å². The third kappa shape index (κ3) is 3.46. The maximum atomic E-state index is 12.8. The summed E-state index contributed by atoms with van der Waals surface area (Å²) in [7, 11) is 3.21. The first kappa shape index (κ1) is 18.5. The predicted molar refractivity (Wildman–Crippen MR) is 105 cm³/mol. The molecule has 0 spiro atoms. The normalized spacial score (nSPS) is 15.6. The van der Waals surface area contributed by atoms with E-state index in [1.165, 1.54) is 5.01 Å². The van der Waals surface area contributed by atoms with Crippen LogP contribution in [-0.4, -0.2) is 37.4 Å². The Morgan fingerprint density at radius 3 is 2.50 bits per heavy atom. The van der Waals surface area contributed by atoms with E-state index in [4.69, 9.17) is 9.47 Å². The average molecular weight is 417 g/mol. The van der Waals surface area contributed by atoms with Gasteiger partial charge >= 0.3 is 0 Å². The number of ether oxygens (including phenoxy) is 2. The summed E-state index contributed by atoms with van der Waals surface area (Å²) in [5, 5.41) is 6.17. The second-order valence-corrected chi connectivity index (χ2v) is 7.69. The summed E-state index contributed by atoms with van der Waals surface area (Å²) in [6.07, 6.45) is 0. The van der Waals surface area contributed by atoms with Gasteiger partial charge in [-0.25, -0.2) is 5.01 Å². The molecule has 1 aliphatic heterocycles. The van der Waals surface area contributed by atoms with Crippen molar-refractivity contribution in [2.24, 2.45) is 10.5 Å². The van der Waals surface area contributed by atoms with E-state index < -0.39 is 0 Å². The smallest absolute Gasteiger partial charge is 0.274 e. The number of amides is 1. The van der Waals surface area contributed by atoms with E-state index in [-0.39, 0.29) is 11.3 Å². The second-order valence-electron chi connectivity index (χ2n) is 6.78. The first-order chi connectivity index (χ1) is 12.4. The molecule has 26 heavy (non-hydrogen) atoms. The van der Waals surface area contributed by atoms with Gasteiger partial charge in [0.15, 0.2) is 11.5 Å². The highest BCUT2D eigenvalue weighted by molar-refractivity contribution is 9.10. The fourth-order valence-electron chi connectivity index (χ4n) is 3.06. The lowest BCUT2D eigenvalue weighted by Gasteiger charge is -2.21. The Kier molecular flexibility index (Phi) is 5.05. The summed E-state index contributed by atoms with van der Waals surface area (Å²) in [6.45, 7) is 4.68. The van der Waals surface area contributed by atoms with Crippen molar-refractivity contribution in [3.8, 4) is 11.5 Å². The molecule has 0 unspecified atom stereocenters. The third-order valence-electron chi connectivity index (χ3n) is 4.37. The molecular weight excluding hydrogens is 396 g/mol. The minimum atomic E-state index is -0.277. The molecule has 1 aliphatic rings. The van der Waals surface area contributed by atoms with Gasteiger partial charge in [-0.3, -0.25) is 4.79 Å². The molecule has 1 amide bonds. The van der Waals surface area contributed by atoms with Crippen LogP contribution < -0.4 is 9.47 Å². The second kappa shape index (κ2) is 7.11. The first-order valence-corrected chi connectivity index (χ1v) is 9.04. The Hall–Kier alpha value is -2.34. The number of carbonyl (C=O) groups is 1. The maximum Gasteiger partial charge on any atom is 0.274 e. The van der Waals surface area contributed by atoms with E-state index >= 15 is 0 Å². The maximum absolute atomic E-state index is 12.8. The largest absolute Gasteiger partial charge is 0.493 e. The summed E-state index contributed by atoms with van der Waals surface area (Å²) < 4.78 is 11.6. The van der Waals surface area contributed by atoms with Gasteiger partial charge in [0.05, 0.1) is 26.5 Å². The van der Waals surface area contributed by atoms with Gasteiger partial charge < -0.3 is 9.47 Å². The number of nitrogens with zero attached hydrogens (tertiary/aromatic N) is 2. The number of methoxy groups -OCH3 is 2. The molecule has 0 fully saturated rings. The van der Waals surface area contributed by atoms with Gasteiger partial charge in [0, 0.05) is 21.0 Å². The van der Waals surface area contributed by atoms with Crippen LogP contribution in [0.25, 0.3) is 0 Å². The Balaban J connectivity index is 1.96. The molecule has 6 heteroatoms. The van der Waals surface area contributed by atoms with Crippen molar-refractivity contribution in [1.82, 2.24) is 5.01 Å². The molecule has 0 N–H and O–H groups in total. The van der Waals surface area contributed by atoms with Gasteiger partial charge in [0.2, 0.25) is 0 Å².